The number of guanidine groups is 1. The molecule has 1 aliphatic rings. The molecule has 27 heavy (non-hydrogen) atoms. The second kappa shape index (κ2) is 12.3. The minimum atomic E-state index is 0.0880. The van der Waals surface area contributed by atoms with Crippen LogP contribution in [0.15, 0.2) is 35.3 Å². The molecule has 6 heteroatoms. The highest BCUT2D eigenvalue weighted by Gasteiger charge is 2.24. The van der Waals surface area contributed by atoms with E-state index in [1.165, 1.54) is 18.4 Å². The molecule has 1 unspecified atom stereocenters. The molecule has 0 saturated carbocycles. The summed E-state index contributed by atoms with van der Waals surface area (Å²) in [6.07, 6.45) is 3.85. The second-order valence-electron chi connectivity index (χ2n) is 7.00. The van der Waals surface area contributed by atoms with Gasteiger partial charge in [-0.05, 0) is 38.3 Å². The molecule has 0 spiro atoms. The lowest BCUT2D eigenvalue weighted by Crippen LogP contribution is -2.40. The third-order valence-corrected chi connectivity index (χ3v) is 4.75. The van der Waals surface area contributed by atoms with E-state index in [0.29, 0.717) is 19.0 Å². The summed E-state index contributed by atoms with van der Waals surface area (Å²) in [6, 6.07) is 11.1. The van der Waals surface area contributed by atoms with Gasteiger partial charge in [0, 0.05) is 38.6 Å². The van der Waals surface area contributed by atoms with Crippen molar-refractivity contribution in [2.24, 2.45) is 4.99 Å². The molecule has 0 aromatic heterocycles. The summed E-state index contributed by atoms with van der Waals surface area (Å²) in [5.41, 5.74) is 1.36. The number of rotatable bonds is 10. The predicted octanol–water partition coefficient (Wildman–Crippen LogP) is 2.12. The summed E-state index contributed by atoms with van der Waals surface area (Å²) in [4.78, 5) is 19.0. The highest BCUT2D eigenvalue weighted by molar-refractivity contribution is 5.81. The predicted molar refractivity (Wildman–Crippen MR) is 112 cm³/mol. The molecule has 6 nitrogen and oxygen atoms in total. The van der Waals surface area contributed by atoms with Gasteiger partial charge in [0.25, 0.3) is 0 Å². The average Bonchev–Trinajstić information content (AvgIpc) is 3.12. The Morgan fingerprint density at radius 3 is 2.70 bits per heavy atom. The van der Waals surface area contributed by atoms with Gasteiger partial charge in [-0.3, -0.25) is 14.7 Å². The molecule has 3 N–H and O–H groups in total. The summed E-state index contributed by atoms with van der Waals surface area (Å²) in [5.74, 6) is 0.886. The Morgan fingerprint density at radius 2 is 1.96 bits per heavy atom. The van der Waals surface area contributed by atoms with E-state index in [0.717, 1.165) is 45.1 Å². The van der Waals surface area contributed by atoms with Gasteiger partial charge < -0.3 is 16.0 Å². The fraction of sp³-hybridized carbons (Fsp3) is 0.619. The monoisotopic (exact) mass is 373 g/mol. The first-order valence-electron chi connectivity index (χ1n) is 10.3. The van der Waals surface area contributed by atoms with Crippen LogP contribution in [0.4, 0.5) is 0 Å². The Morgan fingerprint density at radius 1 is 1.15 bits per heavy atom. The van der Waals surface area contributed by atoms with Crippen molar-refractivity contribution >= 4 is 11.9 Å². The van der Waals surface area contributed by atoms with Gasteiger partial charge in [0.1, 0.15) is 0 Å². The molecule has 0 bridgehead atoms. The average molecular weight is 374 g/mol. The number of likely N-dealkylation sites (tertiary alicyclic amines) is 1. The minimum absolute atomic E-state index is 0.0880. The van der Waals surface area contributed by atoms with Crippen LogP contribution in [0.1, 0.15) is 45.1 Å². The number of hydrogen-bond acceptors (Lipinski definition) is 3. The van der Waals surface area contributed by atoms with Gasteiger partial charge in [0.2, 0.25) is 5.91 Å². The van der Waals surface area contributed by atoms with E-state index < -0.39 is 0 Å². The molecule has 1 atom stereocenters. The largest absolute Gasteiger partial charge is 0.357 e. The number of aliphatic imine (C=N–C) groups is 1. The fourth-order valence-corrected chi connectivity index (χ4v) is 3.31. The maximum absolute atomic E-state index is 11.7. The Kier molecular flexibility index (Phi) is 9.69. The molecular weight excluding hydrogens is 338 g/mol. The molecule has 1 amide bonds. The zero-order valence-corrected chi connectivity index (χ0v) is 16.8. The highest BCUT2D eigenvalue weighted by Crippen LogP contribution is 2.20. The molecule has 1 heterocycles. The highest BCUT2D eigenvalue weighted by atomic mass is 16.1. The topological polar surface area (TPSA) is 68.8 Å². The van der Waals surface area contributed by atoms with Crippen molar-refractivity contribution in [3.8, 4) is 0 Å². The van der Waals surface area contributed by atoms with Gasteiger partial charge in [0.15, 0.2) is 5.96 Å². The lowest BCUT2D eigenvalue weighted by Gasteiger charge is -2.23. The molecule has 1 saturated heterocycles. The van der Waals surface area contributed by atoms with Crippen LogP contribution >= 0.6 is 0 Å². The summed E-state index contributed by atoms with van der Waals surface area (Å²) < 4.78 is 0. The van der Waals surface area contributed by atoms with Crippen molar-refractivity contribution in [1.29, 1.82) is 0 Å². The third kappa shape index (κ3) is 7.99. The first kappa shape index (κ1) is 21.2. The van der Waals surface area contributed by atoms with Crippen LogP contribution in [0.25, 0.3) is 0 Å². The van der Waals surface area contributed by atoms with Crippen molar-refractivity contribution in [3.63, 3.8) is 0 Å². The van der Waals surface area contributed by atoms with Gasteiger partial charge in [-0.1, -0.05) is 37.3 Å². The van der Waals surface area contributed by atoms with E-state index in [1.54, 1.807) is 0 Å². The van der Waals surface area contributed by atoms with Crippen LogP contribution in [0.2, 0.25) is 0 Å². The molecule has 1 aliphatic heterocycles. The van der Waals surface area contributed by atoms with Gasteiger partial charge >= 0.3 is 0 Å². The summed E-state index contributed by atoms with van der Waals surface area (Å²) in [5, 5.41) is 9.45. The number of carbonyl (C=O) groups is 1. The Labute approximate surface area is 163 Å². The van der Waals surface area contributed by atoms with Crippen molar-refractivity contribution in [2.45, 2.75) is 52.1 Å². The first-order chi connectivity index (χ1) is 13.2. The van der Waals surface area contributed by atoms with Crippen LogP contribution in [0.3, 0.4) is 0 Å². The molecule has 0 aliphatic carbocycles. The van der Waals surface area contributed by atoms with Crippen LogP contribution in [-0.2, 0) is 11.3 Å². The van der Waals surface area contributed by atoms with E-state index >= 15 is 0 Å². The van der Waals surface area contributed by atoms with E-state index in [2.05, 4.69) is 65.0 Å². The summed E-state index contributed by atoms with van der Waals surface area (Å²) in [7, 11) is 0. The number of benzene rings is 1. The van der Waals surface area contributed by atoms with Crippen LogP contribution in [-0.4, -0.2) is 55.5 Å². The number of nitrogens with zero attached hydrogens (tertiary/aromatic N) is 2. The number of nitrogens with one attached hydrogen (secondary N) is 3. The van der Waals surface area contributed by atoms with Crippen LogP contribution < -0.4 is 16.0 Å². The molecule has 0 radical (unpaired) electrons. The van der Waals surface area contributed by atoms with E-state index in [9.17, 15) is 4.79 Å². The molecule has 1 aromatic carbocycles. The van der Waals surface area contributed by atoms with Crippen molar-refractivity contribution in [2.75, 3.05) is 32.7 Å². The van der Waals surface area contributed by atoms with Gasteiger partial charge in [-0.15, -0.1) is 0 Å². The van der Waals surface area contributed by atoms with Crippen LogP contribution in [0.5, 0.6) is 0 Å². The lowest BCUT2D eigenvalue weighted by molar-refractivity contribution is -0.120. The van der Waals surface area contributed by atoms with Crippen LogP contribution in [0, 0.1) is 0 Å². The van der Waals surface area contributed by atoms with E-state index in [4.69, 9.17) is 4.99 Å². The standard InChI is InChI=1S/C21H35N5O/c1-3-13-23-20(27)12-14-24-21(22-4-2)25-16-19-11-8-15-26(19)17-18-9-6-5-7-10-18/h5-7,9-10,19H,3-4,8,11-17H2,1-2H3,(H,23,27)(H2,22,24,25). The summed E-state index contributed by atoms with van der Waals surface area (Å²) in [6.45, 7) is 9.17. The molecule has 1 aromatic rings. The SMILES string of the molecule is CCCNC(=O)CCNC(=NCC1CCCN1Cc1ccccc1)NCC. The van der Waals surface area contributed by atoms with Crippen molar-refractivity contribution in [1.82, 2.24) is 20.9 Å². The summed E-state index contributed by atoms with van der Waals surface area (Å²) >= 11 is 0. The zero-order chi connectivity index (χ0) is 19.3. The molecular formula is C21H35N5O. The van der Waals surface area contributed by atoms with E-state index in [1.807, 2.05) is 0 Å². The normalized spacial score (nSPS) is 17.7. The van der Waals surface area contributed by atoms with E-state index in [-0.39, 0.29) is 5.91 Å². The van der Waals surface area contributed by atoms with Gasteiger partial charge in [-0.2, -0.15) is 0 Å². The lowest BCUT2D eigenvalue weighted by atomic mass is 10.2. The van der Waals surface area contributed by atoms with Gasteiger partial charge in [0.05, 0.1) is 6.54 Å². The fourth-order valence-electron chi connectivity index (χ4n) is 3.31. The quantitative estimate of drug-likeness (QED) is 0.434. The smallest absolute Gasteiger partial charge is 0.221 e. The third-order valence-electron chi connectivity index (χ3n) is 4.75. The Balaban J connectivity index is 1.80. The minimum Gasteiger partial charge on any atom is -0.357 e. The number of hydrogen-bond donors (Lipinski definition) is 3. The first-order valence-corrected chi connectivity index (χ1v) is 10.3. The zero-order valence-electron chi connectivity index (χ0n) is 16.8. The van der Waals surface area contributed by atoms with Crippen molar-refractivity contribution in [3.05, 3.63) is 35.9 Å². The maximum Gasteiger partial charge on any atom is 0.221 e. The Bertz CT molecular complexity index is 575. The maximum atomic E-state index is 11.7. The number of amides is 1. The Hall–Kier alpha value is -2.08. The van der Waals surface area contributed by atoms with Gasteiger partial charge in [-0.25, -0.2) is 0 Å². The number of carbonyl (C=O) groups excluding carboxylic acids is 1. The second-order valence-corrected chi connectivity index (χ2v) is 7.00. The van der Waals surface area contributed by atoms with Crippen molar-refractivity contribution < 1.29 is 4.79 Å². The molecule has 1 fully saturated rings. The molecule has 150 valence electrons. The molecule has 2 rings (SSSR count).